The van der Waals surface area contributed by atoms with Crippen molar-refractivity contribution in [3.8, 4) is 39.8 Å². The fourth-order valence-electron chi connectivity index (χ4n) is 3.56. The first-order chi connectivity index (χ1) is 15.3. The Labute approximate surface area is 174 Å². The Morgan fingerprint density at radius 1 is 0.742 bits per heavy atom. The van der Waals surface area contributed by atoms with Gasteiger partial charge < -0.3 is 10.1 Å². The van der Waals surface area contributed by atoms with E-state index in [4.69, 9.17) is 9.97 Å². The molecule has 0 saturated carbocycles. The first-order valence-electron chi connectivity index (χ1n) is 9.51. The molecule has 6 rings (SSSR count). The minimum absolute atomic E-state index is 0.0836. The number of fused-ring (bicyclic) bond motifs is 2. The van der Waals surface area contributed by atoms with Crippen LogP contribution >= 0.6 is 0 Å². The van der Waals surface area contributed by atoms with E-state index in [9.17, 15) is 5.11 Å². The van der Waals surface area contributed by atoms with Gasteiger partial charge in [-0.3, -0.25) is 20.1 Å². The average Bonchev–Trinajstić information content (AvgIpc) is 3.43. The molecular weight excluding hydrogens is 392 g/mol. The van der Waals surface area contributed by atoms with E-state index in [2.05, 4.69) is 30.1 Å². The molecule has 6 aromatic rings. The zero-order valence-corrected chi connectivity index (χ0v) is 16.0. The van der Waals surface area contributed by atoms with Crippen molar-refractivity contribution in [2.24, 2.45) is 0 Å². The number of aromatic amines is 2. The predicted octanol–water partition coefficient (Wildman–Crippen LogP) is 3.73. The Hall–Kier alpha value is -4.66. The zero-order chi connectivity index (χ0) is 20.8. The number of rotatable bonds is 3. The number of nitrogens with one attached hydrogen (secondary N) is 2. The van der Waals surface area contributed by atoms with Gasteiger partial charge in [0.05, 0.1) is 28.6 Å². The summed E-state index contributed by atoms with van der Waals surface area (Å²) in [5.41, 5.74) is 6.72. The minimum atomic E-state index is 0.0836. The third-order valence-corrected chi connectivity index (χ3v) is 5.01. The third kappa shape index (κ3) is 2.87. The number of aromatic nitrogens is 8. The highest BCUT2D eigenvalue weighted by Crippen LogP contribution is 2.30. The smallest absolute Gasteiger partial charge is 0.161 e. The first-order valence-corrected chi connectivity index (χ1v) is 9.51. The van der Waals surface area contributed by atoms with Gasteiger partial charge in [0.2, 0.25) is 0 Å². The number of nitrogens with zero attached hydrogens (tertiary/aromatic N) is 6. The van der Waals surface area contributed by atoms with Gasteiger partial charge in [-0.1, -0.05) is 0 Å². The molecule has 148 valence electrons. The summed E-state index contributed by atoms with van der Waals surface area (Å²) >= 11 is 0. The molecule has 0 aliphatic heterocycles. The average molecular weight is 406 g/mol. The molecule has 31 heavy (non-hydrogen) atoms. The number of aromatic hydroxyl groups is 1. The van der Waals surface area contributed by atoms with Crippen molar-refractivity contribution in [3.05, 3.63) is 67.4 Å². The summed E-state index contributed by atoms with van der Waals surface area (Å²) in [6, 6.07) is 11.0. The molecule has 0 aromatic carbocycles. The molecule has 6 heterocycles. The lowest BCUT2D eigenvalue weighted by Gasteiger charge is -2.01. The summed E-state index contributed by atoms with van der Waals surface area (Å²) < 4.78 is 0. The van der Waals surface area contributed by atoms with Crippen molar-refractivity contribution in [1.82, 2.24) is 40.1 Å². The number of pyridine rings is 4. The van der Waals surface area contributed by atoms with E-state index >= 15 is 0 Å². The molecule has 9 nitrogen and oxygen atoms in total. The second kappa shape index (κ2) is 6.70. The Morgan fingerprint density at radius 3 is 2.48 bits per heavy atom. The van der Waals surface area contributed by atoms with Gasteiger partial charge in [0, 0.05) is 35.9 Å². The number of hydrogen-bond donors (Lipinski definition) is 3. The summed E-state index contributed by atoms with van der Waals surface area (Å²) in [6.45, 7) is 0. The SMILES string of the molecule is Oc1cncc(-c2ccc3[nH]nc(-c4nc5c(-c6ccncc6)nccc5[nH]4)c3n2)c1. The van der Waals surface area contributed by atoms with Crippen LogP contribution in [0.2, 0.25) is 0 Å². The van der Waals surface area contributed by atoms with Gasteiger partial charge in [0.25, 0.3) is 0 Å². The lowest BCUT2D eigenvalue weighted by Crippen LogP contribution is -1.88. The Morgan fingerprint density at radius 2 is 1.61 bits per heavy atom. The molecule has 0 aliphatic rings. The van der Waals surface area contributed by atoms with E-state index in [-0.39, 0.29) is 5.75 Å². The van der Waals surface area contributed by atoms with Crippen LogP contribution in [0.5, 0.6) is 5.75 Å². The van der Waals surface area contributed by atoms with Crippen molar-refractivity contribution in [3.63, 3.8) is 0 Å². The summed E-state index contributed by atoms with van der Waals surface area (Å²) in [4.78, 5) is 25.5. The molecule has 0 saturated heterocycles. The van der Waals surface area contributed by atoms with Crippen LogP contribution in [0.15, 0.2) is 67.4 Å². The highest BCUT2D eigenvalue weighted by molar-refractivity contribution is 5.95. The Bertz CT molecular complexity index is 1550. The molecule has 0 spiro atoms. The van der Waals surface area contributed by atoms with Crippen LogP contribution < -0.4 is 0 Å². The second-order valence-electron chi connectivity index (χ2n) is 6.97. The summed E-state index contributed by atoms with van der Waals surface area (Å²) in [6.07, 6.45) is 8.24. The van der Waals surface area contributed by atoms with Crippen molar-refractivity contribution < 1.29 is 5.11 Å². The fraction of sp³-hybridized carbons (Fsp3) is 0. The van der Waals surface area contributed by atoms with Crippen molar-refractivity contribution in [1.29, 1.82) is 0 Å². The molecule has 0 unspecified atom stereocenters. The van der Waals surface area contributed by atoms with Gasteiger partial charge in [-0.05, 0) is 36.4 Å². The lowest BCUT2D eigenvalue weighted by atomic mass is 10.1. The summed E-state index contributed by atoms with van der Waals surface area (Å²) in [7, 11) is 0. The van der Waals surface area contributed by atoms with Gasteiger partial charge in [-0.15, -0.1) is 0 Å². The molecule has 6 aromatic heterocycles. The molecule has 0 radical (unpaired) electrons. The maximum absolute atomic E-state index is 9.75. The molecule has 9 heteroatoms. The highest BCUT2D eigenvalue weighted by atomic mass is 16.3. The van der Waals surface area contributed by atoms with Crippen molar-refractivity contribution in [2.45, 2.75) is 0 Å². The standard InChI is InChI=1S/C22H14N8O/c31-14-9-13(10-24-11-14)15-1-2-17-20(26-15)21(30-29-17)22-27-16-5-8-25-18(19(16)28-22)12-3-6-23-7-4-12/h1-11,31H,(H,27,28)(H,29,30). The Kier molecular flexibility index (Phi) is 3.72. The molecule has 0 aliphatic carbocycles. The van der Waals surface area contributed by atoms with E-state index in [1.165, 1.54) is 6.20 Å². The largest absolute Gasteiger partial charge is 0.506 e. The van der Waals surface area contributed by atoms with E-state index in [1.807, 2.05) is 30.3 Å². The monoisotopic (exact) mass is 406 g/mol. The van der Waals surface area contributed by atoms with Crippen LogP contribution in [0.25, 0.3) is 56.1 Å². The minimum Gasteiger partial charge on any atom is -0.506 e. The van der Waals surface area contributed by atoms with E-state index < -0.39 is 0 Å². The van der Waals surface area contributed by atoms with Crippen LogP contribution in [-0.2, 0) is 0 Å². The van der Waals surface area contributed by atoms with Crippen LogP contribution in [0.4, 0.5) is 0 Å². The van der Waals surface area contributed by atoms with Crippen molar-refractivity contribution in [2.75, 3.05) is 0 Å². The molecule has 0 atom stereocenters. The molecule has 0 bridgehead atoms. The maximum atomic E-state index is 9.75. The van der Waals surface area contributed by atoms with Crippen LogP contribution in [-0.4, -0.2) is 45.2 Å². The lowest BCUT2D eigenvalue weighted by molar-refractivity contribution is 0.473. The molecule has 3 N–H and O–H groups in total. The van der Waals surface area contributed by atoms with Gasteiger partial charge in [-0.25, -0.2) is 9.97 Å². The van der Waals surface area contributed by atoms with Crippen LogP contribution in [0, 0.1) is 0 Å². The van der Waals surface area contributed by atoms with E-state index in [0.29, 0.717) is 28.3 Å². The van der Waals surface area contributed by atoms with Gasteiger partial charge >= 0.3 is 0 Å². The van der Waals surface area contributed by atoms with Crippen LogP contribution in [0.1, 0.15) is 0 Å². The number of hydrogen-bond acceptors (Lipinski definition) is 7. The molecule has 0 fully saturated rings. The van der Waals surface area contributed by atoms with Gasteiger partial charge in [0.1, 0.15) is 16.8 Å². The maximum Gasteiger partial charge on any atom is 0.161 e. The topological polar surface area (TPSA) is 129 Å². The van der Waals surface area contributed by atoms with E-state index in [0.717, 1.165) is 27.8 Å². The second-order valence-corrected chi connectivity index (χ2v) is 6.97. The number of H-pyrrole nitrogens is 2. The summed E-state index contributed by atoms with van der Waals surface area (Å²) in [5, 5.41) is 17.2. The zero-order valence-electron chi connectivity index (χ0n) is 16.0. The van der Waals surface area contributed by atoms with Crippen molar-refractivity contribution >= 4 is 22.1 Å². The Balaban J connectivity index is 1.51. The quantitative estimate of drug-likeness (QED) is 0.408. The predicted molar refractivity (Wildman–Crippen MR) is 115 cm³/mol. The third-order valence-electron chi connectivity index (χ3n) is 5.01. The fourth-order valence-corrected chi connectivity index (χ4v) is 3.56. The van der Waals surface area contributed by atoms with Gasteiger partial charge in [-0.2, -0.15) is 5.10 Å². The van der Waals surface area contributed by atoms with E-state index in [1.54, 1.807) is 30.9 Å². The highest BCUT2D eigenvalue weighted by Gasteiger charge is 2.17. The van der Waals surface area contributed by atoms with Crippen LogP contribution in [0.3, 0.4) is 0 Å². The molecular formula is C22H14N8O. The van der Waals surface area contributed by atoms with Gasteiger partial charge in [0.15, 0.2) is 11.5 Å². The normalized spacial score (nSPS) is 11.4. The first kappa shape index (κ1) is 17.2. The summed E-state index contributed by atoms with van der Waals surface area (Å²) in [5.74, 6) is 0.670. The molecule has 0 amide bonds. The number of imidazole rings is 1.